The van der Waals surface area contributed by atoms with Crippen LogP contribution < -0.4 is 10.5 Å². The van der Waals surface area contributed by atoms with Gasteiger partial charge in [-0.25, -0.2) is 4.39 Å². The number of carbonyl (C=O) groups is 1. The van der Waals surface area contributed by atoms with Crippen molar-refractivity contribution in [1.82, 2.24) is 4.90 Å². The molecule has 1 heterocycles. The number of rotatable bonds is 3. The molecule has 1 amide bonds. The molecular weight excluding hydrogens is 283 g/mol. The average molecular weight is 303 g/mol. The first-order valence-corrected chi connectivity index (χ1v) is 6.48. The molecule has 1 aromatic carbocycles. The number of amides is 1. The molecule has 1 aliphatic rings. The van der Waals surface area contributed by atoms with E-state index in [1.807, 2.05) is 0 Å². The highest BCUT2D eigenvalue weighted by molar-refractivity contribution is 5.94. The maximum Gasteiger partial charge on any atom is 0.254 e. The zero-order valence-electron chi connectivity index (χ0n) is 11.5. The van der Waals surface area contributed by atoms with Gasteiger partial charge >= 0.3 is 0 Å². The Labute approximate surface area is 124 Å². The van der Waals surface area contributed by atoms with Crippen molar-refractivity contribution in [3.63, 3.8) is 0 Å². The third-order valence-electron chi connectivity index (χ3n) is 3.54. The molecule has 20 heavy (non-hydrogen) atoms. The van der Waals surface area contributed by atoms with Crippen molar-refractivity contribution < 1.29 is 13.9 Å². The molecule has 1 unspecified atom stereocenters. The number of methoxy groups -OCH3 is 1. The fraction of sp³-hybridized carbons (Fsp3) is 0.500. The molecule has 2 rings (SSSR count). The number of piperidine rings is 1. The topological polar surface area (TPSA) is 55.6 Å². The van der Waals surface area contributed by atoms with E-state index in [1.54, 1.807) is 4.90 Å². The molecule has 0 radical (unpaired) electrons. The molecule has 0 bridgehead atoms. The predicted molar refractivity (Wildman–Crippen MR) is 77.9 cm³/mol. The van der Waals surface area contributed by atoms with Crippen LogP contribution in [0.5, 0.6) is 5.75 Å². The highest BCUT2D eigenvalue weighted by Crippen LogP contribution is 2.22. The molecule has 6 heteroatoms. The van der Waals surface area contributed by atoms with Crippen LogP contribution in [0.2, 0.25) is 0 Å². The van der Waals surface area contributed by atoms with E-state index in [9.17, 15) is 9.18 Å². The van der Waals surface area contributed by atoms with Crippen molar-refractivity contribution in [2.75, 3.05) is 26.7 Å². The van der Waals surface area contributed by atoms with Crippen LogP contribution in [0.3, 0.4) is 0 Å². The summed E-state index contributed by atoms with van der Waals surface area (Å²) in [5, 5.41) is 0. The summed E-state index contributed by atoms with van der Waals surface area (Å²) in [6, 6.07) is 4.20. The number of likely N-dealkylation sites (tertiary alicyclic amines) is 1. The number of carbonyl (C=O) groups excluding carboxylic acids is 1. The third-order valence-corrected chi connectivity index (χ3v) is 3.54. The first kappa shape index (κ1) is 16.7. The Morgan fingerprint density at radius 1 is 1.55 bits per heavy atom. The van der Waals surface area contributed by atoms with Gasteiger partial charge in [0.2, 0.25) is 0 Å². The third kappa shape index (κ3) is 3.61. The molecule has 112 valence electrons. The molecule has 0 aliphatic carbocycles. The van der Waals surface area contributed by atoms with E-state index in [0.29, 0.717) is 24.6 Å². The number of ether oxygens (including phenoxy) is 1. The van der Waals surface area contributed by atoms with Crippen LogP contribution in [-0.4, -0.2) is 37.6 Å². The molecule has 1 atom stereocenters. The second-order valence-electron chi connectivity index (χ2n) is 4.84. The smallest absolute Gasteiger partial charge is 0.254 e. The summed E-state index contributed by atoms with van der Waals surface area (Å²) < 4.78 is 18.2. The van der Waals surface area contributed by atoms with E-state index in [2.05, 4.69) is 0 Å². The number of benzene rings is 1. The largest absolute Gasteiger partial charge is 0.494 e. The van der Waals surface area contributed by atoms with Crippen molar-refractivity contribution in [2.45, 2.75) is 12.8 Å². The highest BCUT2D eigenvalue weighted by atomic mass is 35.5. The van der Waals surface area contributed by atoms with Gasteiger partial charge in [-0.2, -0.15) is 0 Å². The fourth-order valence-corrected chi connectivity index (χ4v) is 2.42. The van der Waals surface area contributed by atoms with Crippen LogP contribution in [0.15, 0.2) is 18.2 Å². The molecule has 1 aliphatic heterocycles. The Balaban J connectivity index is 0.00000200. The van der Waals surface area contributed by atoms with Crippen LogP contribution >= 0.6 is 12.4 Å². The summed E-state index contributed by atoms with van der Waals surface area (Å²) in [5.41, 5.74) is 6.12. The van der Waals surface area contributed by atoms with Crippen LogP contribution in [0.4, 0.5) is 4.39 Å². The minimum Gasteiger partial charge on any atom is -0.494 e. The van der Waals surface area contributed by atoms with Crippen molar-refractivity contribution >= 4 is 18.3 Å². The van der Waals surface area contributed by atoms with E-state index in [1.165, 1.54) is 25.3 Å². The molecule has 0 aromatic heterocycles. The van der Waals surface area contributed by atoms with E-state index >= 15 is 0 Å². The molecule has 1 saturated heterocycles. The lowest BCUT2D eigenvalue weighted by Crippen LogP contribution is -2.42. The molecule has 1 aromatic rings. The van der Waals surface area contributed by atoms with E-state index in [4.69, 9.17) is 10.5 Å². The predicted octanol–water partition coefficient (Wildman–Crippen LogP) is 2.07. The number of hydrogen-bond acceptors (Lipinski definition) is 3. The van der Waals surface area contributed by atoms with Gasteiger partial charge < -0.3 is 15.4 Å². The summed E-state index contributed by atoms with van der Waals surface area (Å²) in [4.78, 5) is 14.1. The van der Waals surface area contributed by atoms with Gasteiger partial charge in [-0.1, -0.05) is 0 Å². The zero-order chi connectivity index (χ0) is 13.8. The maximum atomic E-state index is 13.3. The summed E-state index contributed by atoms with van der Waals surface area (Å²) in [6.07, 6.45) is 2.03. The Kier molecular flexibility index (Phi) is 6.23. The first-order valence-electron chi connectivity index (χ1n) is 6.48. The number of nitrogens with zero attached hydrogens (tertiary/aromatic N) is 1. The molecule has 0 spiro atoms. The highest BCUT2D eigenvalue weighted by Gasteiger charge is 2.24. The van der Waals surface area contributed by atoms with E-state index < -0.39 is 5.82 Å². The summed E-state index contributed by atoms with van der Waals surface area (Å²) in [6.45, 7) is 2.00. The van der Waals surface area contributed by atoms with Gasteiger partial charge in [0.25, 0.3) is 5.91 Å². The van der Waals surface area contributed by atoms with Crippen molar-refractivity contribution in [1.29, 1.82) is 0 Å². The Hall–Kier alpha value is -1.33. The molecule has 0 saturated carbocycles. The zero-order valence-corrected chi connectivity index (χ0v) is 12.3. The van der Waals surface area contributed by atoms with Crippen molar-refractivity contribution in [2.24, 2.45) is 11.7 Å². The normalized spacial score (nSPS) is 18.4. The van der Waals surface area contributed by atoms with Crippen LogP contribution in [0, 0.1) is 11.7 Å². The average Bonchev–Trinajstić information content (AvgIpc) is 2.47. The molecular formula is C14H20ClFN2O2. The second kappa shape index (κ2) is 7.45. The fourth-order valence-electron chi connectivity index (χ4n) is 2.42. The number of halogens is 2. The standard InChI is InChI=1S/C14H19FN2O2.ClH/c1-19-13-7-11(4-5-12(13)15)14(18)17-6-2-3-10(8-16)9-17;/h4-5,7,10H,2-3,6,8-9,16H2,1H3;1H. The summed E-state index contributed by atoms with van der Waals surface area (Å²) in [7, 11) is 1.39. The van der Waals surface area contributed by atoms with Gasteiger partial charge in [0.05, 0.1) is 7.11 Å². The SMILES string of the molecule is COc1cc(C(=O)N2CCCC(CN)C2)ccc1F.Cl. The minimum absolute atomic E-state index is 0. The van der Waals surface area contributed by atoms with Crippen LogP contribution in [0.25, 0.3) is 0 Å². The maximum absolute atomic E-state index is 13.3. The Morgan fingerprint density at radius 2 is 2.30 bits per heavy atom. The summed E-state index contributed by atoms with van der Waals surface area (Å²) in [5.74, 6) is -0.0905. The number of hydrogen-bond donors (Lipinski definition) is 1. The molecule has 4 nitrogen and oxygen atoms in total. The van der Waals surface area contributed by atoms with Gasteiger partial charge in [0.15, 0.2) is 11.6 Å². The Morgan fingerprint density at radius 3 is 2.95 bits per heavy atom. The quantitative estimate of drug-likeness (QED) is 0.930. The van der Waals surface area contributed by atoms with Crippen LogP contribution in [-0.2, 0) is 0 Å². The van der Waals surface area contributed by atoms with Crippen molar-refractivity contribution in [3.05, 3.63) is 29.6 Å². The number of nitrogens with two attached hydrogens (primary N) is 1. The molecule has 2 N–H and O–H groups in total. The van der Waals surface area contributed by atoms with Crippen molar-refractivity contribution in [3.8, 4) is 5.75 Å². The van der Waals surface area contributed by atoms with E-state index in [-0.39, 0.29) is 24.1 Å². The van der Waals surface area contributed by atoms with Gasteiger partial charge in [-0.3, -0.25) is 4.79 Å². The Bertz CT molecular complexity index is 470. The van der Waals surface area contributed by atoms with Gasteiger partial charge in [0, 0.05) is 18.7 Å². The monoisotopic (exact) mass is 302 g/mol. The lowest BCUT2D eigenvalue weighted by atomic mass is 9.97. The van der Waals surface area contributed by atoms with E-state index in [0.717, 1.165) is 19.4 Å². The molecule has 1 fully saturated rings. The van der Waals surface area contributed by atoms with Gasteiger partial charge in [0.1, 0.15) is 0 Å². The second-order valence-corrected chi connectivity index (χ2v) is 4.84. The van der Waals surface area contributed by atoms with Crippen LogP contribution in [0.1, 0.15) is 23.2 Å². The minimum atomic E-state index is -0.461. The van der Waals surface area contributed by atoms with Gasteiger partial charge in [-0.15, -0.1) is 12.4 Å². The first-order chi connectivity index (χ1) is 9.15. The van der Waals surface area contributed by atoms with Gasteiger partial charge in [-0.05, 0) is 43.5 Å². The lowest BCUT2D eigenvalue weighted by molar-refractivity contribution is 0.0677. The summed E-state index contributed by atoms with van der Waals surface area (Å²) >= 11 is 0. The lowest BCUT2D eigenvalue weighted by Gasteiger charge is -2.32.